The van der Waals surface area contributed by atoms with Crippen LogP contribution >= 0.6 is 0 Å². The first-order valence-electron chi connectivity index (χ1n) is 14.2. The van der Waals surface area contributed by atoms with Gasteiger partial charge in [0.15, 0.2) is 11.6 Å². The summed E-state index contributed by atoms with van der Waals surface area (Å²) in [7, 11) is 0. The molecule has 1 spiro atoms. The molecule has 0 N–H and O–H groups in total. The molecule has 3 aromatic rings. The predicted molar refractivity (Wildman–Crippen MR) is 143 cm³/mol. The molecule has 2 aromatic heterocycles. The van der Waals surface area contributed by atoms with Crippen molar-refractivity contribution in [3.8, 4) is 17.3 Å². The Morgan fingerprint density at radius 1 is 0.973 bits per heavy atom. The summed E-state index contributed by atoms with van der Waals surface area (Å²) in [6.07, 6.45) is 8.85. The number of nitrogens with zero attached hydrogens (tertiary/aromatic N) is 3. The molecule has 6 heteroatoms. The van der Waals surface area contributed by atoms with Crippen LogP contribution < -0.4 is 4.74 Å². The Hall–Kier alpha value is -2.57. The molecule has 0 amide bonds. The van der Waals surface area contributed by atoms with Crippen molar-refractivity contribution in [3.63, 3.8) is 0 Å². The number of ether oxygens (including phenoxy) is 3. The van der Waals surface area contributed by atoms with E-state index in [0.29, 0.717) is 25.0 Å². The fourth-order valence-electron chi connectivity index (χ4n) is 7.78. The van der Waals surface area contributed by atoms with Crippen molar-refractivity contribution in [2.75, 3.05) is 13.2 Å². The first-order valence-corrected chi connectivity index (χ1v) is 14.2. The first-order chi connectivity index (χ1) is 18.0. The molecule has 1 saturated heterocycles. The van der Waals surface area contributed by atoms with Gasteiger partial charge in [-0.05, 0) is 69.9 Å². The van der Waals surface area contributed by atoms with Gasteiger partial charge in [-0.3, -0.25) is 4.98 Å². The van der Waals surface area contributed by atoms with Crippen LogP contribution in [0, 0.1) is 18.8 Å². The van der Waals surface area contributed by atoms with Crippen LogP contribution in [-0.2, 0) is 21.3 Å². The quantitative estimate of drug-likeness (QED) is 0.420. The maximum atomic E-state index is 6.71. The Morgan fingerprint density at radius 2 is 1.76 bits per heavy atom. The second kappa shape index (κ2) is 8.74. The van der Waals surface area contributed by atoms with E-state index in [4.69, 9.17) is 29.2 Å². The largest absolute Gasteiger partial charge is 0.474 e. The zero-order valence-corrected chi connectivity index (χ0v) is 22.3. The van der Waals surface area contributed by atoms with Crippen molar-refractivity contribution in [3.05, 3.63) is 47.3 Å². The molecule has 3 aliphatic carbocycles. The number of hydrogen-bond donors (Lipinski definition) is 0. The smallest absolute Gasteiger partial charge is 0.220 e. The summed E-state index contributed by atoms with van der Waals surface area (Å²) in [5, 5.41) is 1.08. The van der Waals surface area contributed by atoms with Gasteiger partial charge in [0.05, 0.1) is 24.4 Å². The zero-order chi connectivity index (χ0) is 25.2. The van der Waals surface area contributed by atoms with Crippen molar-refractivity contribution in [1.29, 1.82) is 0 Å². The average molecular weight is 500 g/mol. The standard InChI is InChI=1S/C31H37N3O3/c1-19-18-24(22-10-6-7-11-26(22)32-19)28-33-27-23(29(34-28)37-21-8-4-5-9-21)12-13-25-20(2)31(35-16-17-36-31)15-14-30(25,27)3/h6-7,10-11,18,20-21,25H,4-5,8-9,12-17H2,1-3H3/t20-,25-,30-/m1/s1. The molecule has 0 bridgehead atoms. The lowest BCUT2D eigenvalue weighted by atomic mass is 9.55. The lowest BCUT2D eigenvalue weighted by molar-refractivity contribution is -0.234. The Bertz CT molecular complexity index is 1350. The number of aryl methyl sites for hydroxylation is 1. The molecular weight excluding hydrogens is 462 g/mol. The summed E-state index contributed by atoms with van der Waals surface area (Å²) in [4.78, 5) is 15.3. The van der Waals surface area contributed by atoms with Crippen molar-refractivity contribution < 1.29 is 14.2 Å². The highest BCUT2D eigenvalue weighted by Gasteiger charge is 2.58. The molecule has 7 rings (SSSR count). The molecule has 37 heavy (non-hydrogen) atoms. The van der Waals surface area contributed by atoms with Gasteiger partial charge in [-0.2, -0.15) is 4.98 Å². The molecule has 6 nitrogen and oxygen atoms in total. The van der Waals surface area contributed by atoms with Gasteiger partial charge >= 0.3 is 0 Å². The van der Waals surface area contributed by atoms with E-state index in [-0.39, 0.29) is 11.5 Å². The highest BCUT2D eigenvalue weighted by atomic mass is 16.7. The van der Waals surface area contributed by atoms with Gasteiger partial charge in [0.25, 0.3) is 0 Å². The van der Waals surface area contributed by atoms with Crippen LogP contribution in [0.3, 0.4) is 0 Å². The molecule has 3 fully saturated rings. The van der Waals surface area contributed by atoms with Crippen LogP contribution in [0.15, 0.2) is 30.3 Å². The molecule has 1 aromatic carbocycles. The Kier molecular flexibility index (Phi) is 5.56. The van der Waals surface area contributed by atoms with Gasteiger partial charge in [0, 0.05) is 40.0 Å². The number of pyridine rings is 1. The van der Waals surface area contributed by atoms with E-state index >= 15 is 0 Å². The number of rotatable bonds is 3. The summed E-state index contributed by atoms with van der Waals surface area (Å²) in [5.41, 5.74) is 5.32. The summed E-state index contributed by atoms with van der Waals surface area (Å²) in [5.74, 6) is 1.88. The number of para-hydroxylation sites is 1. The second-order valence-electron chi connectivity index (χ2n) is 11.9. The van der Waals surface area contributed by atoms with Crippen LogP contribution in [-0.4, -0.2) is 40.1 Å². The van der Waals surface area contributed by atoms with E-state index < -0.39 is 5.79 Å². The summed E-state index contributed by atoms with van der Waals surface area (Å²) < 4.78 is 19.2. The highest BCUT2D eigenvalue weighted by molar-refractivity contribution is 5.93. The number of fused-ring (bicyclic) bond motifs is 4. The maximum Gasteiger partial charge on any atom is 0.220 e. The highest BCUT2D eigenvalue weighted by Crippen LogP contribution is 2.57. The monoisotopic (exact) mass is 499 g/mol. The summed E-state index contributed by atoms with van der Waals surface area (Å²) in [6, 6.07) is 10.4. The Morgan fingerprint density at radius 3 is 2.57 bits per heavy atom. The minimum absolute atomic E-state index is 0.0725. The van der Waals surface area contributed by atoms with Crippen molar-refractivity contribution in [2.24, 2.45) is 11.8 Å². The molecule has 2 saturated carbocycles. The SMILES string of the molecule is Cc1cc(-c2nc(OC3CCCC3)c3c(n2)[C@]2(C)CCC4(OCCO4)[C@H](C)[C@H]2CC3)c2ccccc2n1. The van der Waals surface area contributed by atoms with Crippen molar-refractivity contribution >= 4 is 10.9 Å². The van der Waals surface area contributed by atoms with Crippen LogP contribution in [0.4, 0.5) is 0 Å². The fourth-order valence-corrected chi connectivity index (χ4v) is 7.78. The van der Waals surface area contributed by atoms with E-state index in [1.165, 1.54) is 24.1 Å². The van der Waals surface area contributed by atoms with Crippen LogP contribution in [0.25, 0.3) is 22.3 Å². The lowest BCUT2D eigenvalue weighted by Gasteiger charge is -2.54. The molecule has 3 atom stereocenters. The maximum absolute atomic E-state index is 6.71. The van der Waals surface area contributed by atoms with Crippen LogP contribution in [0.2, 0.25) is 0 Å². The molecular formula is C31H37N3O3. The second-order valence-corrected chi connectivity index (χ2v) is 11.9. The van der Waals surface area contributed by atoms with E-state index in [9.17, 15) is 0 Å². The van der Waals surface area contributed by atoms with Gasteiger partial charge in [0.1, 0.15) is 6.10 Å². The van der Waals surface area contributed by atoms with Gasteiger partial charge < -0.3 is 14.2 Å². The van der Waals surface area contributed by atoms with E-state index in [0.717, 1.165) is 72.4 Å². The summed E-state index contributed by atoms with van der Waals surface area (Å²) >= 11 is 0. The van der Waals surface area contributed by atoms with Gasteiger partial charge in [-0.25, -0.2) is 4.98 Å². The molecule has 194 valence electrons. The van der Waals surface area contributed by atoms with Crippen molar-refractivity contribution in [1.82, 2.24) is 15.0 Å². The first kappa shape index (κ1) is 23.5. The predicted octanol–water partition coefficient (Wildman–Crippen LogP) is 6.31. The Labute approximate surface area is 219 Å². The normalized spacial score (nSPS) is 28.9. The zero-order valence-electron chi connectivity index (χ0n) is 22.3. The third kappa shape index (κ3) is 3.70. The third-order valence-corrected chi connectivity index (χ3v) is 9.77. The number of hydrogen-bond acceptors (Lipinski definition) is 6. The van der Waals surface area contributed by atoms with Gasteiger partial charge in [-0.15, -0.1) is 0 Å². The fraction of sp³-hybridized carbons (Fsp3) is 0.581. The van der Waals surface area contributed by atoms with E-state index in [1.807, 2.05) is 13.0 Å². The minimum Gasteiger partial charge on any atom is -0.474 e. The topological polar surface area (TPSA) is 66.4 Å². The minimum atomic E-state index is -0.431. The third-order valence-electron chi connectivity index (χ3n) is 9.77. The molecule has 3 heterocycles. The number of benzene rings is 1. The van der Waals surface area contributed by atoms with E-state index in [1.54, 1.807) is 0 Å². The number of aromatic nitrogens is 3. The molecule has 4 aliphatic rings. The summed E-state index contributed by atoms with van der Waals surface area (Å²) in [6.45, 7) is 8.19. The average Bonchev–Trinajstić information content (AvgIpc) is 3.59. The molecule has 0 unspecified atom stereocenters. The van der Waals surface area contributed by atoms with Crippen LogP contribution in [0.1, 0.15) is 75.7 Å². The van der Waals surface area contributed by atoms with E-state index in [2.05, 4.69) is 38.1 Å². The van der Waals surface area contributed by atoms with Crippen molar-refractivity contribution in [2.45, 2.75) is 89.4 Å². The van der Waals surface area contributed by atoms with Gasteiger partial charge in [-0.1, -0.05) is 32.0 Å². The molecule has 0 radical (unpaired) electrons. The van der Waals surface area contributed by atoms with Crippen LogP contribution in [0.5, 0.6) is 5.88 Å². The lowest BCUT2D eigenvalue weighted by Crippen LogP contribution is -2.55. The van der Waals surface area contributed by atoms with Gasteiger partial charge in [0.2, 0.25) is 5.88 Å². The Balaban J connectivity index is 1.39. The molecule has 1 aliphatic heterocycles.